The molecule has 31 heavy (non-hydrogen) atoms. The summed E-state index contributed by atoms with van der Waals surface area (Å²) >= 11 is 0. The minimum Gasteiger partial charge on any atom is -0.435 e. The maximum Gasteiger partial charge on any atom is 0.308 e. The third-order valence-electron chi connectivity index (χ3n) is 11.6. The van der Waals surface area contributed by atoms with E-state index in [-0.39, 0.29) is 45.9 Å². The van der Waals surface area contributed by atoms with E-state index in [2.05, 4.69) is 40.7 Å². The highest BCUT2D eigenvalue weighted by Gasteiger charge is 2.66. The normalized spacial score (nSPS) is 53.3. The molecular formula is C27H42O4. The number of esters is 1. The summed E-state index contributed by atoms with van der Waals surface area (Å²) in [6, 6.07) is 0. The maximum absolute atomic E-state index is 12.1. The largest absolute Gasteiger partial charge is 0.435 e. The van der Waals surface area contributed by atoms with Gasteiger partial charge in [0.25, 0.3) is 0 Å². The molecule has 3 unspecified atom stereocenters. The Hall–Kier alpha value is -0.870. The summed E-state index contributed by atoms with van der Waals surface area (Å²) in [5.41, 5.74) is 2.31. The van der Waals surface area contributed by atoms with Crippen LogP contribution in [0.25, 0.3) is 0 Å². The van der Waals surface area contributed by atoms with Crippen molar-refractivity contribution in [1.29, 1.82) is 0 Å². The van der Waals surface area contributed by atoms with Crippen molar-refractivity contribution in [2.24, 2.45) is 45.3 Å². The van der Waals surface area contributed by atoms with Gasteiger partial charge in [-0.15, -0.1) is 0 Å². The van der Waals surface area contributed by atoms with E-state index in [1.54, 1.807) is 12.7 Å². The predicted molar refractivity (Wildman–Crippen MR) is 120 cm³/mol. The molecule has 0 radical (unpaired) electrons. The Labute approximate surface area is 188 Å². The molecule has 174 valence electrons. The van der Waals surface area contributed by atoms with Gasteiger partial charge in [-0.2, -0.15) is 0 Å². The molecule has 0 spiro atoms. The Morgan fingerprint density at radius 1 is 1.06 bits per heavy atom. The van der Waals surface area contributed by atoms with Gasteiger partial charge in [-0.05, 0) is 84.4 Å². The van der Waals surface area contributed by atoms with Crippen molar-refractivity contribution in [3.8, 4) is 0 Å². The summed E-state index contributed by atoms with van der Waals surface area (Å²) in [7, 11) is 1.67. The van der Waals surface area contributed by atoms with E-state index < -0.39 is 0 Å². The topological polar surface area (TPSA) is 55.8 Å². The van der Waals surface area contributed by atoms with E-state index in [0.29, 0.717) is 24.2 Å². The van der Waals surface area contributed by atoms with E-state index in [9.17, 15) is 9.90 Å². The van der Waals surface area contributed by atoms with Crippen LogP contribution in [-0.2, 0) is 14.3 Å². The van der Waals surface area contributed by atoms with Crippen LogP contribution in [0.3, 0.4) is 0 Å². The van der Waals surface area contributed by atoms with Crippen molar-refractivity contribution >= 4 is 5.97 Å². The Morgan fingerprint density at radius 2 is 1.81 bits per heavy atom. The smallest absolute Gasteiger partial charge is 0.308 e. The molecule has 9 atom stereocenters. The van der Waals surface area contributed by atoms with Crippen LogP contribution < -0.4 is 0 Å². The van der Waals surface area contributed by atoms with Crippen molar-refractivity contribution in [2.75, 3.05) is 7.11 Å². The molecule has 0 aromatic heterocycles. The van der Waals surface area contributed by atoms with Crippen molar-refractivity contribution in [3.63, 3.8) is 0 Å². The number of cyclic esters (lactones) is 1. The van der Waals surface area contributed by atoms with Crippen LogP contribution in [0.4, 0.5) is 0 Å². The predicted octanol–water partition coefficient (Wildman–Crippen LogP) is 5.49. The number of allylic oxidation sites excluding steroid dienone is 2. The van der Waals surface area contributed by atoms with Gasteiger partial charge in [-0.3, -0.25) is 4.79 Å². The zero-order valence-corrected chi connectivity index (χ0v) is 20.4. The first-order valence-electron chi connectivity index (χ1n) is 12.6. The lowest BCUT2D eigenvalue weighted by molar-refractivity contribution is -0.167. The fourth-order valence-corrected chi connectivity index (χ4v) is 9.54. The highest BCUT2D eigenvalue weighted by molar-refractivity contribution is 5.72. The third kappa shape index (κ3) is 2.70. The average molecular weight is 431 g/mol. The molecule has 1 N–H and O–H groups in total. The molecular weight excluding hydrogens is 388 g/mol. The lowest BCUT2D eigenvalue weighted by Crippen LogP contribution is -2.58. The summed E-state index contributed by atoms with van der Waals surface area (Å²) in [5.74, 6) is 1.71. The number of methoxy groups -OCH3 is 1. The van der Waals surface area contributed by atoms with Crippen LogP contribution in [0.2, 0.25) is 0 Å². The van der Waals surface area contributed by atoms with Gasteiger partial charge >= 0.3 is 5.97 Å². The molecule has 1 aliphatic heterocycles. The van der Waals surface area contributed by atoms with Crippen LogP contribution in [0.1, 0.15) is 86.0 Å². The number of fused-ring (bicyclic) bond motifs is 5. The molecule has 0 aromatic rings. The van der Waals surface area contributed by atoms with Gasteiger partial charge < -0.3 is 14.6 Å². The first-order chi connectivity index (χ1) is 14.5. The fraction of sp³-hybridized carbons (Fsp3) is 0.889. The summed E-state index contributed by atoms with van der Waals surface area (Å²) < 4.78 is 11.1. The van der Waals surface area contributed by atoms with Crippen molar-refractivity contribution in [2.45, 2.75) is 98.4 Å². The van der Waals surface area contributed by atoms with Crippen molar-refractivity contribution in [1.82, 2.24) is 0 Å². The van der Waals surface area contributed by atoms with Crippen molar-refractivity contribution in [3.05, 3.63) is 11.6 Å². The van der Waals surface area contributed by atoms with Crippen LogP contribution in [0, 0.1) is 45.3 Å². The van der Waals surface area contributed by atoms with E-state index in [4.69, 9.17) is 9.47 Å². The molecule has 5 aliphatic rings. The molecule has 4 heteroatoms. The second kappa shape index (κ2) is 6.82. The lowest BCUT2D eigenvalue weighted by Gasteiger charge is -2.64. The number of ether oxygens (including phenoxy) is 2. The average Bonchev–Trinajstić information content (AvgIpc) is 3.21. The molecule has 1 saturated heterocycles. The molecule has 0 aromatic carbocycles. The maximum atomic E-state index is 12.1. The van der Waals surface area contributed by atoms with Gasteiger partial charge in [0.1, 0.15) is 0 Å². The van der Waals surface area contributed by atoms with E-state index >= 15 is 0 Å². The van der Waals surface area contributed by atoms with Gasteiger partial charge in [0.05, 0.1) is 12.5 Å². The number of aliphatic hydroxyl groups is 1. The first kappa shape index (κ1) is 21.9. The summed E-state index contributed by atoms with van der Waals surface area (Å²) in [5, 5.41) is 10.8. The lowest BCUT2D eigenvalue weighted by atomic mass is 9.41. The van der Waals surface area contributed by atoms with Gasteiger partial charge in [0, 0.05) is 13.0 Å². The molecule has 1 heterocycles. The molecule has 3 saturated carbocycles. The van der Waals surface area contributed by atoms with Crippen LogP contribution >= 0.6 is 0 Å². The van der Waals surface area contributed by atoms with Crippen molar-refractivity contribution < 1.29 is 19.4 Å². The van der Waals surface area contributed by atoms with Crippen LogP contribution in [0.5, 0.6) is 0 Å². The Balaban J connectivity index is 1.51. The van der Waals surface area contributed by atoms with E-state index in [0.717, 1.165) is 25.7 Å². The Kier molecular flexibility index (Phi) is 4.83. The third-order valence-corrected chi connectivity index (χ3v) is 11.6. The fourth-order valence-electron chi connectivity index (χ4n) is 9.54. The molecule has 4 nitrogen and oxygen atoms in total. The minimum absolute atomic E-state index is 0.0257. The molecule has 4 aliphatic carbocycles. The molecule has 0 amide bonds. The molecule has 5 rings (SSSR count). The summed E-state index contributed by atoms with van der Waals surface area (Å²) in [6.07, 6.45) is 10.5. The zero-order chi connectivity index (χ0) is 22.4. The molecule has 0 bridgehead atoms. The highest BCUT2D eigenvalue weighted by atomic mass is 16.7. The Morgan fingerprint density at radius 3 is 2.52 bits per heavy atom. The summed E-state index contributed by atoms with van der Waals surface area (Å²) in [6.45, 7) is 12.1. The van der Waals surface area contributed by atoms with Gasteiger partial charge in [0.2, 0.25) is 6.29 Å². The van der Waals surface area contributed by atoms with Crippen LogP contribution in [-0.4, -0.2) is 30.6 Å². The number of aliphatic hydroxyl groups excluding tert-OH is 1. The first-order valence-corrected chi connectivity index (χ1v) is 12.6. The van der Waals surface area contributed by atoms with Gasteiger partial charge in [-0.25, -0.2) is 0 Å². The number of carbonyl (C=O) groups is 1. The highest BCUT2D eigenvalue weighted by Crippen LogP contribution is 2.73. The second-order valence-corrected chi connectivity index (χ2v) is 12.8. The van der Waals surface area contributed by atoms with E-state index in [1.807, 2.05) is 0 Å². The number of rotatable bonds is 2. The summed E-state index contributed by atoms with van der Waals surface area (Å²) in [4.78, 5) is 12.1. The zero-order valence-electron chi connectivity index (χ0n) is 20.4. The number of hydrogen-bond donors (Lipinski definition) is 1. The monoisotopic (exact) mass is 430 g/mol. The van der Waals surface area contributed by atoms with Gasteiger partial charge in [0.15, 0.2) is 0 Å². The van der Waals surface area contributed by atoms with Crippen LogP contribution in [0.15, 0.2) is 11.6 Å². The number of hydrogen-bond acceptors (Lipinski definition) is 4. The Bertz CT molecular complexity index is 801. The quantitative estimate of drug-likeness (QED) is 0.465. The SMILES string of the molecule is CO[C@H]1OC(=O)CC1[C@@H]1CC[C@]2(C)C3=CCC4C(C)(C)[C@H](O)CC[C@]4(C)C3CC[C@@]12C. The van der Waals surface area contributed by atoms with Gasteiger partial charge in [-0.1, -0.05) is 46.3 Å². The second-order valence-electron chi connectivity index (χ2n) is 12.8. The standard InChI is InChI=1S/C27H42O4/c1-24(2)20-8-7-19-18(25(20,3)12-11-21(24)28)10-14-26(4)17(9-13-27(19,26)5)16-15-22(29)31-23(16)30-6/h7,16-18,20-21,23,28H,8-15H2,1-6H3/t16?,17-,18?,20?,21+,23-,25+,26-,27+/m0/s1. The number of carbonyl (C=O) groups excluding carboxylic acids is 1. The molecule has 4 fully saturated rings. The van der Waals surface area contributed by atoms with E-state index in [1.165, 1.54) is 19.3 Å². The minimum atomic E-state index is -0.378.